The van der Waals surface area contributed by atoms with Crippen molar-refractivity contribution in [2.45, 2.75) is 32.2 Å². The highest BCUT2D eigenvalue weighted by atomic mass is 16.5. The van der Waals surface area contributed by atoms with Gasteiger partial charge in [-0.05, 0) is 50.2 Å². The number of carbonyl (C=O) groups excluding carboxylic acids is 1. The summed E-state index contributed by atoms with van der Waals surface area (Å²) in [5, 5.41) is 8.00. The Hall–Kier alpha value is -3.39. The van der Waals surface area contributed by atoms with Gasteiger partial charge in [0, 0.05) is 55.9 Å². The first kappa shape index (κ1) is 22.4. The lowest BCUT2D eigenvalue weighted by Gasteiger charge is -2.22. The number of nitrogens with one attached hydrogen (secondary N) is 2. The zero-order chi connectivity index (χ0) is 23.7. The summed E-state index contributed by atoms with van der Waals surface area (Å²) in [5.74, 6) is 2.98. The first-order valence-electron chi connectivity index (χ1n) is 11.9. The number of fused-ring (bicyclic) bond motifs is 1. The van der Waals surface area contributed by atoms with Crippen molar-refractivity contribution in [2.75, 3.05) is 37.5 Å². The third kappa shape index (κ3) is 4.92. The standard InChI is InChI=1S/C26H31N5O3/c1-16-14-24(30-25(27-16)31(2)3)34-23-9-8-21(18-6-4-5-7-19(18)23)28-26(32)29-22-15-20(22)17-10-12-33-13-11-17/h4-9,14,17,20,22H,10-13,15H2,1-3H3,(H2,28,29,32). The fourth-order valence-electron chi connectivity index (χ4n) is 4.73. The summed E-state index contributed by atoms with van der Waals surface area (Å²) < 4.78 is 11.6. The maximum atomic E-state index is 12.7. The normalized spacial score (nSPS) is 20.1. The minimum absolute atomic E-state index is 0.166. The fourth-order valence-corrected chi connectivity index (χ4v) is 4.73. The van der Waals surface area contributed by atoms with Gasteiger partial charge in [0.05, 0.1) is 5.69 Å². The lowest BCUT2D eigenvalue weighted by Crippen LogP contribution is -2.33. The summed E-state index contributed by atoms with van der Waals surface area (Å²) >= 11 is 0. The third-order valence-electron chi connectivity index (χ3n) is 6.59. The van der Waals surface area contributed by atoms with Gasteiger partial charge >= 0.3 is 6.03 Å². The molecular weight excluding hydrogens is 430 g/mol. The maximum Gasteiger partial charge on any atom is 0.319 e. The highest BCUT2D eigenvalue weighted by molar-refractivity contribution is 6.04. The van der Waals surface area contributed by atoms with E-state index in [1.807, 2.05) is 68.4 Å². The number of ether oxygens (including phenoxy) is 2. The van der Waals surface area contributed by atoms with Crippen molar-refractivity contribution < 1.29 is 14.3 Å². The molecule has 2 fully saturated rings. The highest BCUT2D eigenvalue weighted by Gasteiger charge is 2.44. The number of urea groups is 1. The van der Waals surface area contributed by atoms with E-state index in [0.717, 1.165) is 54.6 Å². The van der Waals surface area contributed by atoms with Crippen LogP contribution in [0.2, 0.25) is 0 Å². The van der Waals surface area contributed by atoms with Gasteiger partial charge in [-0.3, -0.25) is 0 Å². The van der Waals surface area contributed by atoms with E-state index in [0.29, 0.717) is 29.4 Å². The van der Waals surface area contributed by atoms with Gasteiger partial charge in [-0.1, -0.05) is 24.3 Å². The zero-order valence-corrected chi connectivity index (χ0v) is 19.9. The zero-order valence-electron chi connectivity index (χ0n) is 19.9. The minimum atomic E-state index is -0.166. The van der Waals surface area contributed by atoms with Gasteiger partial charge in [0.2, 0.25) is 11.8 Å². The molecule has 3 aromatic rings. The van der Waals surface area contributed by atoms with Crippen molar-refractivity contribution in [3.05, 3.63) is 48.2 Å². The molecule has 2 N–H and O–H groups in total. The summed E-state index contributed by atoms with van der Waals surface area (Å²) in [6.45, 7) is 3.59. The number of hydrogen-bond donors (Lipinski definition) is 2. The van der Waals surface area contributed by atoms with E-state index in [-0.39, 0.29) is 12.1 Å². The van der Waals surface area contributed by atoms with Crippen molar-refractivity contribution in [1.29, 1.82) is 0 Å². The van der Waals surface area contributed by atoms with E-state index >= 15 is 0 Å². The SMILES string of the molecule is Cc1cc(Oc2ccc(NC(=O)NC3CC3C3CCOCC3)c3ccccc23)nc(N(C)C)n1. The molecule has 2 unspecified atom stereocenters. The van der Waals surface area contributed by atoms with Crippen LogP contribution in [0.25, 0.3) is 10.8 Å². The monoisotopic (exact) mass is 461 g/mol. The lowest BCUT2D eigenvalue weighted by atomic mass is 9.94. The Morgan fingerprint density at radius 3 is 2.62 bits per heavy atom. The third-order valence-corrected chi connectivity index (χ3v) is 6.59. The smallest absolute Gasteiger partial charge is 0.319 e. The number of aryl methyl sites for hydroxylation is 1. The van der Waals surface area contributed by atoms with Crippen LogP contribution in [-0.2, 0) is 4.74 Å². The molecule has 1 saturated carbocycles. The molecule has 34 heavy (non-hydrogen) atoms. The molecule has 2 amide bonds. The van der Waals surface area contributed by atoms with Crippen molar-refractivity contribution in [3.63, 3.8) is 0 Å². The number of rotatable bonds is 6. The van der Waals surface area contributed by atoms with Crippen LogP contribution in [-0.4, -0.2) is 49.4 Å². The molecule has 178 valence electrons. The second-order valence-electron chi connectivity index (χ2n) is 9.36. The summed E-state index contributed by atoms with van der Waals surface area (Å²) in [7, 11) is 3.79. The predicted molar refractivity (Wildman–Crippen MR) is 133 cm³/mol. The van der Waals surface area contributed by atoms with Crippen LogP contribution in [0.5, 0.6) is 11.6 Å². The van der Waals surface area contributed by atoms with Crippen LogP contribution in [0.1, 0.15) is 25.0 Å². The molecule has 2 atom stereocenters. The van der Waals surface area contributed by atoms with Gasteiger partial charge in [-0.25, -0.2) is 9.78 Å². The molecule has 2 aromatic carbocycles. The van der Waals surface area contributed by atoms with Gasteiger partial charge in [0.15, 0.2) is 0 Å². The Bertz CT molecular complexity index is 1190. The van der Waals surface area contributed by atoms with Crippen LogP contribution < -0.4 is 20.3 Å². The van der Waals surface area contributed by atoms with Crippen LogP contribution in [0.15, 0.2) is 42.5 Å². The summed E-state index contributed by atoms with van der Waals surface area (Å²) in [6.07, 6.45) is 3.25. The summed E-state index contributed by atoms with van der Waals surface area (Å²) in [6, 6.07) is 13.5. The molecule has 1 saturated heterocycles. The summed E-state index contributed by atoms with van der Waals surface area (Å²) in [5.41, 5.74) is 1.57. The number of amides is 2. The quantitative estimate of drug-likeness (QED) is 0.552. The van der Waals surface area contributed by atoms with E-state index in [1.54, 1.807) is 0 Å². The molecule has 8 nitrogen and oxygen atoms in total. The number of carbonyl (C=O) groups is 1. The second-order valence-corrected chi connectivity index (χ2v) is 9.36. The largest absolute Gasteiger partial charge is 0.438 e. The molecule has 0 spiro atoms. The average Bonchev–Trinajstić information content (AvgIpc) is 3.60. The van der Waals surface area contributed by atoms with E-state index in [1.165, 1.54) is 0 Å². The van der Waals surface area contributed by atoms with Crippen LogP contribution in [0, 0.1) is 18.8 Å². The van der Waals surface area contributed by atoms with Gasteiger partial charge in [-0.2, -0.15) is 4.98 Å². The Kier molecular flexibility index (Phi) is 6.24. The highest BCUT2D eigenvalue weighted by Crippen LogP contribution is 2.42. The van der Waals surface area contributed by atoms with Gasteiger partial charge < -0.3 is 25.0 Å². The molecule has 1 aliphatic carbocycles. The molecule has 2 heterocycles. The van der Waals surface area contributed by atoms with Crippen molar-refractivity contribution in [2.24, 2.45) is 11.8 Å². The van der Waals surface area contributed by atoms with Gasteiger partial charge in [0.25, 0.3) is 0 Å². The molecular formula is C26H31N5O3. The van der Waals surface area contributed by atoms with E-state index < -0.39 is 0 Å². The predicted octanol–water partition coefficient (Wildman–Crippen LogP) is 4.73. The first-order valence-corrected chi connectivity index (χ1v) is 11.9. The number of hydrogen-bond acceptors (Lipinski definition) is 6. The molecule has 0 bridgehead atoms. The van der Waals surface area contributed by atoms with Crippen molar-refractivity contribution >= 4 is 28.4 Å². The minimum Gasteiger partial charge on any atom is -0.438 e. The molecule has 1 aromatic heterocycles. The van der Waals surface area contributed by atoms with Gasteiger partial charge in [-0.15, -0.1) is 0 Å². The Morgan fingerprint density at radius 1 is 1.09 bits per heavy atom. The van der Waals surface area contributed by atoms with E-state index in [2.05, 4.69) is 20.6 Å². The van der Waals surface area contributed by atoms with Crippen molar-refractivity contribution in [3.8, 4) is 11.6 Å². The first-order chi connectivity index (χ1) is 16.5. The molecule has 8 heteroatoms. The number of aromatic nitrogens is 2. The van der Waals surface area contributed by atoms with Crippen LogP contribution >= 0.6 is 0 Å². The van der Waals surface area contributed by atoms with Crippen molar-refractivity contribution in [1.82, 2.24) is 15.3 Å². The molecule has 2 aliphatic rings. The lowest BCUT2D eigenvalue weighted by molar-refractivity contribution is 0.0590. The topological polar surface area (TPSA) is 88.6 Å². The molecule has 1 aliphatic heterocycles. The fraction of sp³-hybridized carbons (Fsp3) is 0.423. The Morgan fingerprint density at radius 2 is 1.85 bits per heavy atom. The Balaban J connectivity index is 1.30. The van der Waals surface area contributed by atoms with E-state index in [4.69, 9.17) is 9.47 Å². The number of anilines is 2. The van der Waals surface area contributed by atoms with E-state index in [9.17, 15) is 4.79 Å². The summed E-state index contributed by atoms with van der Waals surface area (Å²) in [4.78, 5) is 23.5. The van der Waals surface area contributed by atoms with Crippen LogP contribution in [0.4, 0.5) is 16.4 Å². The number of nitrogens with zero attached hydrogens (tertiary/aromatic N) is 3. The molecule has 5 rings (SSSR count). The van der Waals surface area contributed by atoms with Crippen LogP contribution in [0.3, 0.4) is 0 Å². The second kappa shape index (κ2) is 9.46. The average molecular weight is 462 g/mol. The Labute approximate surface area is 199 Å². The maximum absolute atomic E-state index is 12.7. The number of benzene rings is 2. The molecule has 0 radical (unpaired) electrons. The van der Waals surface area contributed by atoms with Gasteiger partial charge in [0.1, 0.15) is 5.75 Å².